The first kappa shape index (κ1) is 13.3. The van der Waals surface area contributed by atoms with Crippen molar-refractivity contribution in [3.8, 4) is 5.69 Å². The maximum atomic E-state index is 14.2. The van der Waals surface area contributed by atoms with Crippen LogP contribution in [0.1, 0.15) is 21.7 Å². The molecule has 0 spiro atoms. The molecule has 0 atom stereocenters. The normalized spacial score (nSPS) is 11.0. The zero-order valence-corrected chi connectivity index (χ0v) is 11.6. The first-order valence-electron chi connectivity index (χ1n) is 6.46. The van der Waals surface area contributed by atoms with Crippen LogP contribution in [0.5, 0.6) is 0 Å². The lowest BCUT2D eigenvalue weighted by Crippen LogP contribution is -2.02. The van der Waals surface area contributed by atoms with Crippen molar-refractivity contribution in [1.29, 1.82) is 0 Å². The summed E-state index contributed by atoms with van der Waals surface area (Å²) in [7, 11) is 0. The molecule has 1 N–H and O–H groups in total. The molecule has 0 fully saturated rings. The molecular weight excluding hydrogens is 271 g/mol. The number of carboxylic acids is 1. The summed E-state index contributed by atoms with van der Waals surface area (Å²) in [6.07, 6.45) is 0. The van der Waals surface area contributed by atoms with E-state index in [-0.39, 0.29) is 11.4 Å². The van der Waals surface area contributed by atoms with Gasteiger partial charge in [0.25, 0.3) is 0 Å². The lowest BCUT2D eigenvalue weighted by Gasteiger charge is -2.09. The van der Waals surface area contributed by atoms with Crippen LogP contribution in [-0.4, -0.2) is 20.6 Å². The van der Waals surface area contributed by atoms with Gasteiger partial charge in [-0.1, -0.05) is 6.07 Å². The van der Waals surface area contributed by atoms with Crippen LogP contribution >= 0.6 is 0 Å². The van der Waals surface area contributed by atoms with E-state index in [1.807, 2.05) is 13.0 Å². The molecule has 0 unspecified atom stereocenters. The van der Waals surface area contributed by atoms with Gasteiger partial charge in [-0.2, -0.15) is 0 Å². The quantitative estimate of drug-likeness (QED) is 0.783. The summed E-state index contributed by atoms with van der Waals surface area (Å²) in [4.78, 5) is 15.5. The zero-order valence-electron chi connectivity index (χ0n) is 11.6. The summed E-state index contributed by atoms with van der Waals surface area (Å²) < 4.78 is 15.9. The largest absolute Gasteiger partial charge is 0.478 e. The number of hydrogen-bond donors (Lipinski definition) is 1. The van der Waals surface area contributed by atoms with Crippen LogP contribution in [-0.2, 0) is 0 Å². The number of nitrogens with zero attached hydrogens (tertiary/aromatic N) is 2. The molecule has 0 aliphatic heterocycles. The van der Waals surface area contributed by atoms with Crippen molar-refractivity contribution >= 4 is 17.0 Å². The van der Waals surface area contributed by atoms with Gasteiger partial charge >= 0.3 is 5.97 Å². The first-order valence-corrected chi connectivity index (χ1v) is 6.46. The molecule has 3 aromatic rings. The third kappa shape index (κ3) is 2.16. The Hall–Kier alpha value is -2.69. The van der Waals surface area contributed by atoms with E-state index in [1.54, 1.807) is 23.6 Å². The summed E-state index contributed by atoms with van der Waals surface area (Å²) in [5, 5.41) is 9.10. The Morgan fingerprint density at radius 2 is 1.95 bits per heavy atom. The number of aromatic carboxylic acids is 1. The molecule has 21 heavy (non-hydrogen) atoms. The number of carbonyl (C=O) groups is 1. The summed E-state index contributed by atoms with van der Waals surface area (Å²) in [6, 6.07) is 9.57. The SMILES string of the molecule is Cc1ccc(-n2c(C)nc3ccc(C(=O)O)cc32)c(F)c1. The number of hydrogen-bond acceptors (Lipinski definition) is 2. The van der Waals surface area contributed by atoms with E-state index in [1.165, 1.54) is 18.2 Å². The highest BCUT2D eigenvalue weighted by atomic mass is 19.1. The number of carboxylic acid groups (broad SMARTS) is 1. The maximum absolute atomic E-state index is 14.2. The second kappa shape index (κ2) is 4.70. The van der Waals surface area contributed by atoms with E-state index in [0.717, 1.165) is 5.56 Å². The van der Waals surface area contributed by atoms with Crippen molar-refractivity contribution in [2.75, 3.05) is 0 Å². The van der Waals surface area contributed by atoms with Gasteiger partial charge in [-0.3, -0.25) is 4.57 Å². The minimum Gasteiger partial charge on any atom is -0.478 e. The minimum atomic E-state index is -1.02. The van der Waals surface area contributed by atoms with Gasteiger partial charge in [0.1, 0.15) is 11.6 Å². The summed E-state index contributed by atoms with van der Waals surface area (Å²) in [5.74, 6) is -0.778. The van der Waals surface area contributed by atoms with Crippen LogP contribution in [0.25, 0.3) is 16.7 Å². The summed E-state index contributed by atoms with van der Waals surface area (Å²) in [5.41, 5.74) is 2.55. The van der Waals surface area contributed by atoms with E-state index in [2.05, 4.69) is 4.98 Å². The number of halogens is 1. The van der Waals surface area contributed by atoms with E-state index in [9.17, 15) is 9.18 Å². The Morgan fingerprint density at radius 1 is 1.19 bits per heavy atom. The van der Waals surface area contributed by atoms with Crippen LogP contribution in [0.2, 0.25) is 0 Å². The van der Waals surface area contributed by atoms with Crippen molar-refractivity contribution in [3.63, 3.8) is 0 Å². The van der Waals surface area contributed by atoms with Crippen LogP contribution < -0.4 is 0 Å². The average Bonchev–Trinajstić information content (AvgIpc) is 2.74. The molecule has 2 aromatic carbocycles. The molecule has 0 radical (unpaired) electrons. The van der Waals surface area contributed by atoms with Crippen molar-refractivity contribution in [1.82, 2.24) is 9.55 Å². The van der Waals surface area contributed by atoms with E-state index in [4.69, 9.17) is 5.11 Å². The van der Waals surface area contributed by atoms with Crippen molar-refractivity contribution in [2.24, 2.45) is 0 Å². The van der Waals surface area contributed by atoms with Gasteiger partial charge in [0.2, 0.25) is 0 Å². The number of rotatable bonds is 2. The highest BCUT2D eigenvalue weighted by molar-refractivity contribution is 5.93. The predicted octanol–water partition coefficient (Wildman–Crippen LogP) is 3.48. The number of aromatic nitrogens is 2. The number of imidazole rings is 1. The topological polar surface area (TPSA) is 55.1 Å². The van der Waals surface area contributed by atoms with Crippen molar-refractivity contribution in [2.45, 2.75) is 13.8 Å². The Morgan fingerprint density at radius 3 is 2.62 bits per heavy atom. The van der Waals surface area contributed by atoms with E-state index in [0.29, 0.717) is 22.5 Å². The zero-order chi connectivity index (χ0) is 15.1. The molecule has 106 valence electrons. The number of fused-ring (bicyclic) bond motifs is 1. The van der Waals surface area contributed by atoms with Gasteiger partial charge in [-0.25, -0.2) is 14.2 Å². The van der Waals surface area contributed by atoms with Crippen LogP contribution in [0, 0.1) is 19.7 Å². The Labute approximate surface area is 120 Å². The lowest BCUT2D eigenvalue weighted by molar-refractivity contribution is 0.0697. The minimum absolute atomic E-state index is 0.149. The van der Waals surface area contributed by atoms with Gasteiger partial charge in [0.05, 0.1) is 22.3 Å². The van der Waals surface area contributed by atoms with Gasteiger partial charge < -0.3 is 5.11 Å². The fraction of sp³-hybridized carbons (Fsp3) is 0.125. The van der Waals surface area contributed by atoms with Crippen LogP contribution in [0.15, 0.2) is 36.4 Å². The smallest absolute Gasteiger partial charge is 0.335 e. The molecule has 1 aromatic heterocycles. The molecule has 5 heteroatoms. The molecule has 0 saturated carbocycles. The molecule has 1 heterocycles. The van der Waals surface area contributed by atoms with Crippen molar-refractivity contribution < 1.29 is 14.3 Å². The summed E-state index contributed by atoms with van der Waals surface area (Å²) >= 11 is 0. The number of benzene rings is 2. The lowest BCUT2D eigenvalue weighted by atomic mass is 10.2. The van der Waals surface area contributed by atoms with Crippen LogP contribution in [0.4, 0.5) is 4.39 Å². The molecule has 3 rings (SSSR count). The Kier molecular flexibility index (Phi) is 2.97. The number of aryl methyl sites for hydroxylation is 2. The van der Waals surface area contributed by atoms with Gasteiger partial charge in [-0.05, 0) is 49.7 Å². The molecule has 0 aliphatic rings. The fourth-order valence-electron chi connectivity index (χ4n) is 2.43. The monoisotopic (exact) mass is 284 g/mol. The van der Waals surface area contributed by atoms with Gasteiger partial charge in [-0.15, -0.1) is 0 Å². The highest BCUT2D eigenvalue weighted by Gasteiger charge is 2.14. The van der Waals surface area contributed by atoms with Crippen LogP contribution in [0.3, 0.4) is 0 Å². The molecular formula is C16H13FN2O2. The van der Waals surface area contributed by atoms with E-state index >= 15 is 0 Å². The van der Waals surface area contributed by atoms with Gasteiger partial charge in [0, 0.05) is 0 Å². The van der Waals surface area contributed by atoms with Crippen molar-refractivity contribution in [3.05, 3.63) is 59.2 Å². The molecule has 0 bridgehead atoms. The Balaban J connectivity index is 2.32. The first-order chi connectivity index (χ1) is 9.97. The standard InChI is InChI=1S/C16H13FN2O2/c1-9-3-6-14(12(17)7-9)19-10(2)18-13-5-4-11(16(20)21)8-15(13)19/h3-8H,1-2H3,(H,20,21). The third-order valence-corrected chi connectivity index (χ3v) is 3.41. The predicted molar refractivity (Wildman–Crippen MR) is 77.5 cm³/mol. The molecule has 0 amide bonds. The summed E-state index contributed by atoms with van der Waals surface area (Å²) in [6.45, 7) is 3.58. The fourth-order valence-corrected chi connectivity index (χ4v) is 2.43. The maximum Gasteiger partial charge on any atom is 0.335 e. The molecule has 4 nitrogen and oxygen atoms in total. The van der Waals surface area contributed by atoms with E-state index < -0.39 is 5.97 Å². The molecule has 0 saturated heterocycles. The average molecular weight is 284 g/mol. The second-order valence-corrected chi connectivity index (χ2v) is 4.96. The highest BCUT2D eigenvalue weighted by Crippen LogP contribution is 2.24. The molecule has 0 aliphatic carbocycles. The Bertz CT molecular complexity index is 868. The van der Waals surface area contributed by atoms with Gasteiger partial charge in [0.15, 0.2) is 0 Å². The second-order valence-electron chi connectivity index (χ2n) is 4.96. The third-order valence-electron chi connectivity index (χ3n) is 3.41.